The number of aliphatic hydroxyl groups is 1. The topological polar surface area (TPSA) is 78.4 Å². The lowest BCUT2D eigenvalue weighted by Gasteiger charge is -2.53. The highest BCUT2D eigenvalue weighted by Gasteiger charge is 2.56. The Balaban J connectivity index is 1.09. The molecule has 7 rings (SSSR count). The highest BCUT2D eigenvalue weighted by atomic mass is 35.5. The number of halogens is 1. The van der Waals surface area contributed by atoms with Crippen molar-refractivity contribution in [2.75, 3.05) is 29.9 Å². The van der Waals surface area contributed by atoms with E-state index >= 15 is 0 Å². The first-order chi connectivity index (χ1) is 16.9. The summed E-state index contributed by atoms with van der Waals surface area (Å²) in [6.07, 6.45) is 10.7. The third-order valence-corrected chi connectivity index (χ3v) is 11.9. The summed E-state index contributed by atoms with van der Waals surface area (Å²) < 4.78 is 13.3. The Kier molecular flexibility index (Phi) is 5.08. The number of fused-ring (bicyclic) bond motifs is 1. The molecule has 186 valence electrons. The summed E-state index contributed by atoms with van der Waals surface area (Å²) >= 11 is 6.08. The van der Waals surface area contributed by atoms with Gasteiger partial charge in [0.2, 0.25) is 5.95 Å². The second-order valence-electron chi connectivity index (χ2n) is 11.9. The average Bonchev–Trinajstić information content (AvgIpc) is 3.54. The highest BCUT2D eigenvalue weighted by Crippen LogP contribution is 2.55. The Bertz CT molecular complexity index is 1170. The number of aromatic nitrogens is 2. The van der Waals surface area contributed by atoms with Crippen molar-refractivity contribution in [2.24, 2.45) is 5.41 Å². The number of nitrogens with zero attached hydrogens (tertiary/aromatic N) is 3. The maximum absolute atomic E-state index is 13.4. The summed E-state index contributed by atoms with van der Waals surface area (Å²) in [5.41, 5.74) is 2.42. The van der Waals surface area contributed by atoms with Gasteiger partial charge in [0.05, 0.1) is 33.4 Å². The summed E-state index contributed by atoms with van der Waals surface area (Å²) in [4.78, 5) is 13.1. The molecule has 1 saturated heterocycles. The smallest absolute Gasteiger partial charge is 0.227 e. The number of hydrogen-bond donors (Lipinski definition) is 2. The van der Waals surface area contributed by atoms with Gasteiger partial charge in [-0.3, -0.25) is 4.21 Å². The zero-order valence-electron chi connectivity index (χ0n) is 20.1. The van der Waals surface area contributed by atoms with E-state index in [1.54, 1.807) is 0 Å². The largest absolute Gasteiger partial charge is 0.394 e. The number of aliphatic hydroxyl groups excluding tert-OH is 1. The molecule has 3 heterocycles. The molecule has 4 fully saturated rings. The number of anilines is 2. The van der Waals surface area contributed by atoms with E-state index < -0.39 is 10.8 Å². The first-order valence-corrected chi connectivity index (χ1v) is 14.7. The summed E-state index contributed by atoms with van der Waals surface area (Å²) in [6.45, 7) is 2.08. The summed E-state index contributed by atoms with van der Waals surface area (Å²) in [7, 11) is -1.06. The Morgan fingerprint density at radius 1 is 1.06 bits per heavy atom. The Morgan fingerprint density at radius 2 is 1.77 bits per heavy atom. The van der Waals surface area contributed by atoms with Crippen molar-refractivity contribution in [3.63, 3.8) is 0 Å². The fourth-order valence-electron chi connectivity index (χ4n) is 6.81. The molecular formula is C27H33ClN4O2S. The Hall–Kier alpha value is -1.70. The molecule has 3 saturated carbocycles. The second kappa shape index (κ2) is 7.90. The van der Waals surface area contributed by atoms with Crippen LogP contribution in [0.1, 0.15) is 75.0 Å². The lowest BCUT2D eigenvalue weighted by Crippen LogP contribution is -2.58. The van der Waals surface area contributed by atoms with Crippen LogP contribution in [0.2, 0.25) is 5.02 Å². The van der Waals surface area contributed by atoms with Crippen LogP contribution in [-0.4, -0.2) is 49.3 Å². The predicted octanol–water partition coefficient (Wildman–Crippen LogP) is 4.82. The van der Waals surface area contributed by atoms with E-state index in [1.807, 2.05) is 12.1 Å². The van der Waals surface area contributed by atoms with Gasteiger partial charge in [-0.25, -0.2) is 4.98 Å². The molecule has 2 spiro atoms. The molecule has 1 atom stereocenters. The molecule has 1 aromatic heterocycles. The van der Waals surface area contributed by atoms with Gasteiger partial charge < -0.3 is 15.3 Å². The second-order valence-corrected chi connectivity index (χ2v) is 14.1. The fourth-order valence-corrected chi connectivity index (χ4v) is 8.71. The standard InChI is InChI=1S/C27H33ClN4O2S/c28-20-4-2-18(3-5-20)19-6-10-25(11-7-19)15-32(16-25)24-29-21-14-27(12-13-27)35(34)22(21)23(30-24)31-26(17-33)8-1-9-26/h2-5,19,33H,1,6-17H2,(H,29,30,31)/t35-/m0/s1. The molecule has 3 aliphatic carbocycles. The zero-order chi connectivity index (χ0) is 23.8. The van der Waals surface area contributed by atoms with Crippen molar-refractivity contribution >= 4 is 34.2 Å². The van der Waals surface area contributed by atoms with Crippen molar-refractivity contribution < 1.29 is 9.32 Å². The third kappa shape index (κ3) is 3.64. The zero-order valence-corrected chi connectivity index (χ0v) is 21.6. The number of hydrogen-bond acceptors (Lipinski definition) is 6. The van der Waals surface area contributed by atoms with E-state index in [0.29, 0.717) is 17.2 Å². The van der Waals surface area contributed by atoms with Gasteiger partial charge in [0.15, 0.2) is 0 Å². The molecule has 1 aromatic carbocycles. The molecule has 0 radical (unpaired) electrons. The molecule has 2 aromatic rings. The van der Waals surface area contributed by atoms with Crippen LogP contribution in [-0.2, 0) is 17.2 Å². The van der Waals surface area contributed by atoms with Gasteiger partial charge in [-0.2, -0.15) is 4.98 Å². The normalized spacial score (nSPS) is 27.4. The third-order valence-electron chi connectivity index (χ3n) is 9.52. The first-order valence-electron chi connectivity index (χ1n) is 13.1. The van der Waals surface area contributed by atoms with Gasteiger partial charge in [-0.05, 0) is 81.4 Å². The number of nitrogens with one attached hydrogen (secondary N) is 1. The summed E-state index contributed by atoms with van der Waals surface area (Å²) in [5.74, 6) is 2.12. The monoisotopic (exact) mass is 512 g/mol. The highest BCUT2D eigenvalue weighted by molar-refractivity contribution is 7.87. The van der Waals surface area contributed by atoms with Gasteiger partial charge in [0.1, 0.15) is 10.7 Å². The maximum atomic E-state index is 13.4. The van der Waals surface area contributed by atoms with Crippen LogP contribution in [0, 0.1) is 5.41 Å². The molecule has 5 aliphatic rings. The molecule has 2 aliphatic heterocycles. The lowest BCUT2D eigenvalue weighted by molar-refractivity contribution is 0.126. The molecule has 0 amide bonds. The first kappa shape index (κ1) is 22.5. The van der Waals surface area contributed by atoms with Crippen molar-refractivity contribution in [1.82, 2.24) is 9.97 Å². The van der Waals surface area contributed by atoms with Crippen LogP contribution in [0.15, 0.2) is 29.2 Å². The minimum atomic E-state index is -1.06. The van der Waals surface area contributed by atoms with Gasteiger partial charge in [-0.15, -0.1) is 0 Å². The maximum Gasteiger partial charge on any atom is 0.227 e. The summed E-state index contributed by atoms with van der Waals surface area (Å²) in [5, 5.41) is 14.4. The molecular weight excluding hydrogens is 480 g/mol. The quantitative estimate of drug-likeness (QED) is 0.598. The predicted molar refractivity (Wildman–Crippen MR) is 139 cm³/mol. The molecule has 6 nitrogen and oxygen atoms in total. The minimum Gasteiger partial charge on any atom is -0.394 e. The van der Waals surface area contributed by atoms with E-state index in [1.165, 1.54) is 31.2 Å². The van der Waals surface area contributed by atoms with Crippen LogP contribution < -0.4 is 10.2 Å². The Labute approximate surface area is 214 Å². The van der Waals surface area contributed by atoms with E-state index in [9.17, 15) is 9.32 Å². The van der Waals surface area contributed by atoms with Crippen molar-refractivity contribution in [1.29, 1.82) is 0 Å². The van der Waals surface area contributed by atoms with Gasteiger partial charge in [-0.1, -0.05) is 23.7 Å². The van der Waals surface area contributed by atoms with Crippen molar-refractivity contribution in [3.05, 3.63) is 40.5 Å². The van der Waals surface area contributed by atoms with Crippen LogP contribution >= 0.6 is 11.6 Å². The van der Waals surface area contributed by atoms with E-state index in [4.69, 9.17) is 21.6 Å². The fraction of sp³-hybridized carbons (Fsp3) is 0.630. The van der Waals surface area contributed by atoms with Gasteiger partial charge in [0, 0.05) is 29.9 Å². The van der Waals surface area contributed by atoms with E-state index in [-0.39, 0.29) is 16.9 Å². The number of rotatable bonds is 5. The molecule has 0 unspecified atom stereocenters. The van der Waals surface area contributed by atoms with E-state index in [0.717, 1.165) is 73.2 Å². The molecule has 35 heavy (non-hydrogen) atoms. The van der Waals surface area contributed by atoms with Crippen LogP contribution in [0.25, 0.3) is 0 Å². The van der Waals surface area contributed by atoms with Crippen LogP contribution in [0.5, 0.6) is 0 Å². The Morgan fingerprint density at radius 3 is 2.37 bits per heavy atom. The molecule has 0 bridgehead atoms. The minimum absolute atomic E-state index is 0.0838. The summed E-state index contributed by atoms with van der Waals surface area (Å²) in [6, 6.07) is 8.38. The number of benzene rings is 1. The SMILES string of the molecule is O=[S@]1c2c(nc(N3CC4(CCC(c5ccc(Cl)cc5)CC4)C3)nc2NC2(CO)CCC2)CC12CC2. The average molecular weight is 513 g/mol. The van der Waals surface area contributed by atoms with Gasteiger partial charge in [0.25, 0.3) is 0 Å². The molecule has 8 heteroatoms. The lowest BCUT2D eigenvalue weighted by atomic mass is 9.65. The van der Waals surface area contributed by atoms with Crippen molar-refractivity contribution in [2.45, 2.75) is 85.3 Å². The van der Waals surface area contributed by atoms with Crippen molar-refractivity contribution in [3.8, 4) is 0 Å². The van der Waals surface area contributed by atoms with Crippen LogP contribution in [0.4, 0.5) is 11.8 Å². The van der Waals surface area contributed by atoms with E-state index in [2.05, 4.69) is 22.3 Å². The van der Waals surface area contributed by atoms with Gasteiger partial charge >= 0.3 is 0 Å². The molecule has 2 N–H and O–H groups in total. The van der Waals surface area contributed by atoms with Crippen LogP contribution in [0.3, 0.4) is 0 Å².